The lowest BCUT2D eigenvalue weighted by Gasteiger charge is -2.44. The Morgan fingerprint density at radius 3 is 2.03 bits per heavy atom. The van der Waals surface area contributed by atoms with Gasteiger partial charge in [0.05, 0.1) is 5.52 Å². The second kappa shape index (κ2) is 9.82. The molecule has 2 heterocycles. The first-order valence-corrected chi connectivity index (χ1v) is 10.0. The van der Waals surface area contributed by atoms with Crippen molar-refractivity contribution in [2.75, 3.05) is 6.61 Å². The Bertz CT molecular complexity index is 1010. The van der Waals surface area contributed by atoms with Crippen LogP contribution in [0, 0.1) is 0 Å². The maximum absolute atomic E-state index is 11.9. The molecule has 1 aliphatic rings. The zero-order valence-electron chi connectivity index (χ0n) is 18.2. The lowest BCUT2D eigenvalue weighted by atomic mass is 9.97. The summed E-state index contributed by atoms with van der Waals surface area (Å²) >= 11 is 0. The van der Waals surface area contributed by atoms with Crippen molar-refractivity contribution in [2.24, 2.45) is 0 Å². The number of esters is 4. The fourth-order valence-electron chi connectivity index (χ4n) is 3.76. The van der Waals surface area contributed by atoms with Gasteiger partial charge in [0.2, 0.25) is 0 Å². The number of nitrogens with zero attached hydrogens (tertiary/aromatic N) is 1. The van der Waals surface area contributed by atoms with E-state index < -0.39 is 54.5 Å². The Balaban J connectivity index is 2.10. The van der Waals surface area contributed by atoms with Crippen molar-refractivity contribution in [3.63, 3.8) is 0 Å². The van der Waals surface area contributed by atoms with Crippen molar-refractivity contribution in [3.8, 4) is 0 Å². The number of aromatic nitrogens is 1. The summed E-state index contributed by atoms with van der Waals surface area (Å²) < 4.78 is 29.4. The van der Waals surface area contributed by atoms with Crippen molar-refractivity contribution in [3.05, 3.63) is 36.5 Å². The van der Waals surface area contributed by atoms with Crippen molar-refractivity contribution < 1.29 is 42.9 Å². The Hall–Kier alpha value is -3.40. The van der Waals surface area contributed by atoms with Crippen LogP contribution in [-0.2, 0) is 42.9 Å². The summed E-state index contributed by atoms with van der Waals surface area (Å²) in [5.74, 6) is -2.55. The van der Waals surface area contributed by atoms with E-state index in [0.717, 1.165) is 10.9 Å². The molecule has 5 atom stereocenters. The molecular formula is C22H25NO9. The first-order valence-electron chi connectivity index (χ1n) is 10.0. The van der Waals surface area contributed by atoms with Crippen LogP contribution in [0.3, 0.4) is 0 Å². The number of carbonyl (C=O) groups is 4. The number of carbonyl (C=O) groups excluding carboxylic acids is 4. The summed E-state index contributed by atoms with van der Waals surface area (Å²) in [5, 5.41) is 0.903. The Morgan fingerprint density at radius 1 is 0.812 bits per heavy atom. The van der Waals surface area contributed by atoms with Crippen LogP contribution in [0.25, 0.3) is 10.9 Å². The molecule has 2 aromatic rings. The molecule has 10 nitrogen and oxygen atoms in total. The smallest absolute Gasteiger partial charge is 0.303 e. The molecule has 0 bridgehead atoms. The predicted molar refractivity (Wildman–Crippen MR) is 109 cm³/mol. The van der Waals surface area contributed by atoms with Crippen molar-refractivity contribution in [1.82, 2.24) is 4.57 Å². The maximum Gasteiger partial charge on any atom is 0.303 e. The minimum atomic E-state index is -1.21. The third-order valence-corrected chi connectivity index (χ3v) is 4.87. The predicted octanol–water partition coefficient (Wildman–Crippen LogP) is 1.90. The van der Waals surface area contributed by atoms with Gasteiger partial charge in [0, 0.05) is 33.9 Å². The van der Waals surface area contributed by atoms with Crippen LogP contribution in [-0.4, -0.2) is 59.5 Å². The van der Waals surface area contributed by atoms with Gasteiger partial charge in [-0.25, -0.2) is 0 Å². The first-order chi connectivity index (χ1) is 15.2. The van der Waals surface area contributed by atoms with E-state index in [1.807, 2.05) is 30.3 Å². The van der Waals surface area contributed by atoms with Gasteiger partial charge in [-0.1, -0.05) is 18.2 Å². The molecule has 3 rings (SSSR count). The number of benzene rings is 1. The number of hydrogen-bond donors (Lipinski definition) is 0. The average Bonchev–Trinajstić information content (AvgIpc) is 3.12. The standard InChI is InChI=1S/C22H25NO9/c1-12(24)28-11-18-19(29-13(2)25)20(30-14(3)26)21(31-15(4)27)22(32-18)23-10-9-16-7-5-6-8-17(16)23/h5-10,18-22H,11H2,1-4H3/t18-,19+,20+,21-,22-/m1/s1. The molecule has 1 saturated heterocycles. The SMILES string of the molecule is CC(=O)OC[C@H]1O[C@@H](n2ccc3ccccc32)[C@H](OC(C)=O)[C@@H](OC(C)=O)[C@H]1OC(C)=O. The van der Waals surface area contributed by atoms with Gasteiger partial charge in [-0.2, -0.15) is 0 Å². The summed E-state index contributed by atoms with van der Waals surface area (Å²) in [6, 6.07) is 9.31. The van der Waals surface area contributed by atoms with Gasteiger partial charge in [0.25, 0.3) is 0 Å². The van der Waals surface area contributed by atoms with E-state index in [9.17, 15) is 19.2 Å². The minimum absolute atomic E-state index is 0.270. The van der Waals surface area contributed by atoms with E-state index in [0.29, 0.717) is 0 Å². The van der Waals surface area contributed by atoms with Crippen molar-refractivity contribution in [1.29, 1.82) is 0 Å². The van der Waals surface area contributed by atoms with E-state index in [4.69, 9.17) is 23.7 Å². The van der Waals surface area contributed by atoms with Crippen molar-refractivity contribution >= 4 is 34.8 Å². The fourth-order valence-corrected chi connectivity index (χ4v) is 3.76. The zero-order valence-corrected chi connectivity index (χ0v) is 18.2. The van der Waals surface area contributed by atoms with Gasteiger partial charge in [-0.3, -0.25) is 19.2 Å². The largest absolute Gasteiger partial charge is 0.463 e. The molecular weight excluding hydrogens is 422 g/mol. The Morgan fingerprint density at radius 2 is 1.41 bits per heavy atom. The number of hydrogen-bond acceptors (Lipinski definition) is 9. The van der Waals surface area contributed by atoms with Crippen LogP contribution < -0.4 is 0 Å². The van der Waals surface area contributed by atoms with Crippen LogP contribution in [0.2, 0.25) is 0 Å². The third kappa shape index (κ3) is 5.25. The third-order valence-electron chi connectivity index (χ3n) is 4.87. The molecule has 1 aliphatic heterocycles. The quantitative estimate of drug-likeness (QED) is 0.483. The van der Waals surface area contributed by atoms with Gasteiger partial charge in [0.15, 0.2) is 24.5 Å². The number of ether oxygens (including phenoxy) is 5. The normalized spacial score (nSPS) is 25.1. The zero-order chi connectivity index (χ0) is 23.4. The highest BCUT2D eigenvalue weighted by atomic mass is 16.7. The molecule has 0 radical (unpaired) electrons. The molecule has 0 amide bonds. The van der Waals surface area contributed by atoms with Gasteiger partial charge < -0.3 is 28.3 Å². The molecule has 1 fully saturated rings. The van der Waals surface area contributed by atoms with Gasteiger partial charge in [-0.15, -0.1) is 0 Å². The number of rotatable bonds is 6. The molecule has 1 aromatic heterocycles. The van der Waals surface area contributed by atoms with E-state index in [1.54, 1.807) is 10.8 Å². The number of fused-ring (bicyclic) bond motifs is 1. The molecule has 0 N–H and O–H groups in total. The van der Waals surface area contributed by atoms with E-state index >= 15 is 0 Å². The monoisotopic (exact) mass is 447 g/mol. The molecule has 0 aliphatic carbocycles. The van der Waals surface area contributed by atoms with E-state index in [1.165, 1.54) is 27.7 Å². The summed E-state index contributed by atoms with van der Waals surface area (Å²) in [5.41, 5.74) is 0.772. The van der Waals surface area contributed by atoms with E-state index in [-0.39, 0.29) is 6.61 Å². The summed E-state index contributed by atoms with van der Waals surface area (Å²) in [7, 11) is 0. The number of para-hydroxylation sites is 1. The Kier molecular flexibility index (Phi) is 7.14. The highest BCUT2D eigenvalue weighted by Crippen LogP contribution is 2.36. The minimum Gasteiger partial charge on any atom is -0.463 e. The van der Waals surface area contributed by atoms with Gasteiger partial charge in [0.1, 0.15) is 12.7 Å². The van der Waals surface area contributed by atoms with Gasteiger partial charge >= 0.3 is 23.9 Å². The lowest BCUT2D eigenvalue weighted by Crippen LogP contribution is -2.60. The molecule has 172 valence electrons. The molecule has 1 aromatic carbocycles. The topological polar surface area (TPSA) is 119 Å². The molecule has 0 unspecified atom stereocenters. The van der Waals surface area contributed by atoms with Crippen LogP contribution in [0.1, 0.15) is 33.9 Å². The maximum atomic E-state index is 11.9. The highest BCUT2D eigenvalue weighted by Gasteiger charge is 2.52. The van der Waals surface area contributed by atoms with Crippen LogP contribution in [0.5, 0.6) is 0 Å². The summed E-state index contributed by atoms with van der Waals surface area (Å²) in [4.78, 5) is 47.1. The lowest BCUT2D eigenvalue weighted by molar-refractivity contribution is -0.267. The van der Waals surface area contributed by atoms with E-state index in [2.05, 4.69) is 0 Å². The molecule has 32 heavy (non-hydrogen) atoms. The molecule has 10 heteroatoms. The average molecular weight is 447 g/mol. The molecule has 0 saturated carbocycles. The van der Waals surface area contributed by atoms with Gasteiger partial charge in [-0.05, 0) is 17.5 Å². The summed E-state index contributed by atoms with van der Waals surface area (Å²) in [6.07, 6.45) is -3.75. The van der Waals surface area contributed by atoms with Crippen molar-refractivity contribution in [2.45, 2.75) is 58.3 Å². The van der Waals surface area contributed by atoms with Crippen LogP contribution in [0.4, 0.5) is 0 Å². The van der Waals surface area contributed by atoms with Crippen LogP contribution >= 0.6 is 0 Å². The first kappa shape index (κ1) is 23.3. The molecule has 0 spiro atoms. The second-order valence-electron chi connectivity index (χ2n) is 7.37. The highest BCUT2D eigenvalue weighted by molar-refractivity contribution is 5.80. The van der Waals surface area contributed by atoms with Crippen LogP contribution in [0.15, 0.2) is 36.5 Å². The Labute approximate surface area is 184 Å². The second-order valence-corrected chi connectivity index (χ2v) is 7.37. The fraction of sp³-hybridized carbons (Fsp3) is 0.455. The summed E-state index contributed by atoms with van der Waals surface area (Å²) in [6.45, 7) is 4.53.